The number of ether oxygens (including phenoxy) is 7. The van der Waals surface area contributed by atoms with Crippen LogP contribution in [0.3, 0.4) is 0 Å². The lowest BCUT2D eigenvalue weighted by atomic mass is 10.0. The van der Waals surface area contributed by atoms with Crippen molar-refractivity contribution >= 4 is 119 Å². The van der Waals surface area contributed by atoms with Crippen LogP contribution in [0.25, 0.3) is 65.8 Å². The lowest BCUT2D eigenvalue weighted by molar-refractivity contribution is -0.156. The Labute approximate surface area is 651 Å². The van der Waals surface area contributed by atoms with Crippen molar-refractivity contribution in [3.8, 4) is 11.8 Å². The number of benzene rings is 3. The number of amides is 7. The highest BCUT2D eigenvalue weighted by Crippen LogP contribution is 2.38. The van der Waals surface area contributed by atoms with Gasteiger partial charge in [0.05, 0.1) is 43.0 Å². The van der Waals surface area contributed by atoms with Gasteiger partial charge >= 0.3 is 18.0 Å². The van der Waals surface area contributed by atoms with Crippen LogP contribution in [-0.4, -0.2) is 194 Å². The first kappa shape index (κ1) is 82.5. The van der Waals surface area contributed by atoms with Crippen LogP contribution in [0.15, 0.2) is 110 Å². The number of rotatable bonds is 25. The number of carbonyl (C=O) groups excluding carboxylic acids is 9. The number of aryl methyl sites for hydroxylation is 1. The van der Waals surface area contributed by atoms with Crippen LogP contribution in [0.5, 0.6) is 0 Å². The molecule has 0 radical (unpaired) electrons. The smallest absolute Gasteiger partial charge is 0.410 e. The maximum atomic E-state index is 12.6. The second kappa shape index (κ2) is 37.7. The Kier molecular flexibility index (Phi) is 27.7. The van der Waals surface area contributed by atoms with Crippen molar-refractivity contribution in [1.82, 2.24) is 54.4 Å². The van der Waals surface area contributed by atoms with Crippen molar-refractivity contribution < 1.29 is 76.3 Å². The van der Waals surface area contributed by atoms with Gasteiger partial charge in [-0.2, -0.15) is 0 Å². The normalized spacial score (nSPS) is 17.2. The number of piperidine rings is 3. The van der Waals surface area contributed by atoms with Gasteiger partial charge in [-0.15, -0.1) is 0 Å². The molecule has 0 spiro atoms. The van der Waals surface area contributed by atoms with Gasteiger partial charge in [0.2, 0.25) is 35.4 Å². The van der Waals surface area contributed by atoms with Crippen LogP contribution < -0.4 is 16.0 Å². The minimum Gasteiger partial charge on any atom is -0.460 e. The Balaban J connectivity index is 0.000000166. The van der Waals surface area contributed by atoms with Gasteiger partial charge < -0.3 is 51.8 Å². The summed E-state index contributed by atoms with van der Waals surface area (Å²) in [5.74, 6) is 4.17. The summed E-state index contributed by atoms with van der Waals surface area (Å²) < 4.78 is 44.2. The van der Waals surface area contributed by atoms with Crippen molar-refractivity contribution in [1.29, 1.82) is 0 Å². The van der Waals surface area contributed by atoms with E-state index < -0.39 is 34.9 Å². The van der Waals surface area contributed by atoms with Crippen molar-refractivity contribution in [2.24, 2.45) is 0 Å². The summed E-state index contributed by atoms with van der Waals surface area (Å²) in [4.78, 5) is 126. The first-order valence-electron chi connectivity index (χ1n) is 38.7. The Bertz CT molecular complexity index is 4980. The molecule has 3 unspecified atom stereocenters. The molecule has 9 aromatic rings. The lowest BCUT2D eigenvalue weighted by Gasteiger charge is -2.35. The molecule has 594 valence electrons. The lowest BCUT2D eigenvalue weighted by Crippen LogP contribution is -2.50. The van der Waals surface area contributed by atoms with Crippen LogP contribution >= 0.6 is 0 Å². The van der Waals surface area contributed by atoms with Gasteiger partial charge in [0, 0.05) is 141 Å². The van der Waals surface area contributed by atoms with Gasteiger partial charge in [-0.3, -0.25) is 59.2 Å². The van der Waals surface area contributed by atoms with Crippen molar-refractivity contribution in [2.45, 2.75) is 181 Å². The van der Waals surface area contributed by atoms with Crippen LogP contribution in [-0.2, 0) is 84.4 Å². The average Bonchev–Trinajstić information content (AvgIpc) is 1.61. The zero-order chi connectivity index (χ0) is 79.7. The first-order valence-corrected chi connectivity index (χ1v) is 38.7. The van der Waals surface area contributed by atoms with Crippen molar-refractivity contribution in [3.63, 3.8) is 0 Å². The quantitative estimate of drug-likeness (QED) is 0.0157. The number of nitrogens with one attached hydrogen (secondary N) is 3. The number of hydrogen-bond donors (Lipinski definition) is 3. The van der Waals surface area contributed by atoms with Crippen LogP contribution in [0, 0.1) is 11.8 Å². The number of hydrogen-bond acceptors (Lipinski definition) is 20. The number of carbonyl (C=O) groups is 9. The van der Waals surface area contributed by atoms with Crippen LogP contribution in [0.2, 0.25) is 0 Å². The van der Waals surface area contributed by atoms with E-state index in [0.29, 0.717) is 129 Å². The fraction of sp³-hybridized carbons (Fsp3) is 0.482. The molecule has 112 heavy (non-hydrogen) atoms. The number of pyridine rings is 3. The molecule has 3 atom stereocenters. The molecule has 4 aliphatic rings. The second-order valence-corrected chi connectivity index (χ2v) is 31.3. The summed E-state index contributed by atoms with van der Waals surface area (Å²) in [6.45, 7) is 24.3. The molecular weight excluding hydrogens is 1430 g/mol. The molecule has 4 fully saturated rings. The van der Waals surface area contributed by atoms with E-state index in [2.05, 4.69) is 78.0 Å². The average molecular weight is 1530 g/mol. The summed E-state index contributed by atoms with van der Waals surface area (Å²) in [6.07, 6.45) is 11.8. The molecule has 3 aromatic carbocycles. The summed E-state index contributed by atoms with van der Waals surface area (Å²) in [7, 11) is 0. The molecule has 3 N–H and O–H groups in total. The largest absolute Gasteiger partial charge is 0.460 e. The van der Waals surface area contributed by atoms with E-state index in [1.54, 1.807) is 23.5 Å². The highest BCUT2D eigenvalue weighted by atomic mass is 16.6. The van der Waals surface area contributed by atoms with Gasteiger partial charge in [0.1, 0.15) is 58.5 Å². The minimum absolute atomic E-state index is 0.202. The van der Waals surface area contributed by atoms with Crippen molar-refractivity contribution in [3.05, 3.63) is 126 Å². The molecule has 27 nitrogen and oxygen atoms in total. The van der Waals surface area contributed by atoms with Gasteiger partial charge in [-0.25, -0.2) is 19.7 Å². The Morgan fingerprint density at radius 3 is 1.26 bits per heavy atom. The molecule has 0 bridgehead atoms. The van der Waals surface area contributed by atoms with Crippen molar-refractivity contribution in [2.75, 3.05) is 85.6 Å². The van der Waals surface area contributed by atoms with Gasteiger partial charge in [-0.05, 0) is 204 Å². The predicted octanol–water partition coefficient (Wildman–Crippen LogP) is 11.2. The van der Waals surface area contributed by atoms with Gasteiger partial charge in [-0.1, -0.05) is 24.0 Å². The monoisotopic (exact) mass is 1530 g/mol. The molecule has 7 amide bonds. The summed E-state index contributed by atoms with van der Waals surface area (Å²) >= 11 is 0. The molecule has 6 aromatic heterocycles. The highest BCUT2D eigenvalue weighted by molar-refractivity contribution is 6.12. The van der Waals surface area contributed by atoms with E-state index in [0.717, 1.165) is 105 Å². The molecule has 0 saturated carbocycles. The zero-order valence-corrected chi connectivity index (χ0v) is 65.6. The van der Waals surface area contributed by atoms with E-state index >= 15 is 0 Å². The molecule has 4 saturated heterocycles. The molecule has 4 aliphatic heterocycles. The Hall–Kier alpha value is -10.5. The summed E-state index contributed by atoms with van der Waals surface area (Å²) in [6, 6.07) is 28.8. The Morgan fingerprint density at radius 1 is 0.446 bits per heavy atom. The summed E-state index contributed by atoms with van der Waals surface area (Å²) in [5, 5.41) is 13.4. The maximum absolute atomic E-state index is 12.6. The van der Waals surface area contributed by atoms with Gasteiger partial charge in [0.15, 0.2) is 0 Å². The molecule has 13 rings (SSSR count). The third kappa shape index (κ3) is 22.2. The molecule has 0 aliphatic carbocycles. The third-order valence-electron chi connectivity index (χ3n) is 19.2. The topological polar surface area (TPSA) is 314 Å². The fourth-order valence-electron chi connectivity index (χ4n) is 14.2. The maximum Gasteiger partial charge on any atom is 0.410 e. The number of aromatic nitrogens is 6. The molecular formula is C85H103N11O16. The SMILES string of the molecule is CC(C)(C)OC(=O)CCCOCCOCC#Cc1ccc2c(c1)c1cccnc1n2C1CCC(=O)NC1=O.CC(C)(C)OC(=O)CCCOCCOCCCc1ccc2c(c1)c1cccnc1n2C1CCC(=O)NC1=O.CC(C)(C)OC(=O)N1CCN(CCc2ccc3c(c2)c2cccnc2n3C2CCC(=O)NC2=O)CC1. The van der Waals surface area contributed by atoms with E-state index in [1.165, 1.54) is 11.1 Å². The second-order valence-electron chi connectivity index (χ2n) is 31.3. The molecule has 10 heterocycles. The van der Waals surface area contributed by atoms with E-state index in [1.807, 2.05) is 137 Å². The number of nitrogens with zero attached hydrogens (tertiary/aromatic N) is 8. The standard InChI is InChI=1S/C29H37N3O6.C29H33N3O6.C27H33N5O4/c2*1-29(2,3)38-26(34)9-6-16-37-18-17-36-15-5-7-20-10-11-23-22(19-20)21-8-4-14-30-27(21)32(23)24-12-13-25(33)31-28(24)35;1-27(2,3)36-26(35)31-15-13-30(14-16-31)12-10-18-6-7-21-20(17-18)19-5-4-11-28-24(19)32(21)22-8-9-23(33)29-25(22)34/h4,8,10-11,14,19,24H,5-7,9,12-13,15-18H2,1-3H3,(H,31,33,35);4,8,10-11,14,19,24H,6,9,12-13,15-18H2,1-3H3,(H,31,33,35);4-7,11,17,22H,8-10,12-16H2,1-3H3,(H,29,33,34). The molecule has 27 heteroatoms. The first-order chi connectivity index (χ1) is 53.6. The van der Waals surface area contributed by atoms with E-state index in [9.17, 15) is 43.2 Å². The number of esters is 2. The highest BCUT2D eigenvalue weighted by Gasteiger charge is 2.35. The predicted molar refractivity (Wildman–Crippen MR) is 423 cm³/mol. The third-order valence-corrected chi connectivity index (χ3v) is 19.2. The van der Waals surface area contributed by atoms with Crippen LogP contribution in [0.4, 0.5) is 4.79 Å². The zero-order valence-electron chi connectivity index (χ0n) is 65.6. The van der Waals surface area contributed by atoms with Gasteiger partial charge in [0.25, 0.3) is 0 Å². The van der Waals surface area contributed by atoms with E-state index in [-0.39, 0.29) is 60.1 Å². The number of imide groups is 3. The number of piperazine rings is 1. The summed E-state index contributed by atoms with van der Waals surface area (Å²) in [5.41, 5.74) is 6.80. The van der Waals surface area contributed by atoms with E-state index in [4.69, 9.17) is 33.2 Å². The minimum atomic E-state index is -0.493. The Morgan fingerprint density at radius 2 is 0.839 bits per heavy atom. The number of fused-ring (bicyclic) bond motifs is 9. The van der Waals surface area contributed by atoms with Crippen LogP contribution in [0.1, 0.15) is 168 Å². The fourth-order valence-corrected chi connectivity index (χ4v) is 14.2.